The highest BCUT2D eigenvalue weighted by Gasteiger charge is 2.25. The number of aryl methyl sites for hydroxylation is 1. The number of aromatic nitrogens is 1. The van der Waals surface area contributed by atoms with Crippen molar-refractivity contribution in [2.24, 2.45) is 12.8 Å². The van der Waals surface area contributed by atoms with Crippen LogP contribution in [0.4, 0.5) is 0 Å². The number of pyridine rings is 1. The lowest BCUT2D eigenvalue weighted by molar-refractivity contribution is -0.123. The molecule has 0 bridgehead atoms. The Kier molecular flexibility index (Phi) is 5.63. The molecule has 1 aliphatic rings. The molecule has 3 N–H and O–H groups in total. The quantitative estimate of drug-likeness (QED) is 0.834. The molecule has 122 valence electrons. The van der Waals surface area contributed by atoms with Crippen molar-refractivity contribution in [3.63, 3.8) is 0 Å². The lowest BCUT2D eigenvalue weighted by atomic mass is 9.92. The number of nitrogens with one attached hydrogen (secondary N) is 1. The Morgan fingerprint density at radius 1 is 1.45 bits per heavy atom. The number of nitrogens with zero attached hydrogens (tertiary/aromatic N) is 1. The van der Waals surface area contributed by atoms with Gasteiger partial charge in [0.25, 0.3) is 5.56 Å². The minimum absolute atomic E-state index is 0.0619. The Morgan fingerprint density at radius 2 is 2.09 bits per heavy atom. The van der Waals surface area contributed by atoms with Crippen LogP contribution in [0.5, 0.6) is 5.75 Å². The van der Waals surface area contributed by atoms with Gasteiger partial charge >= 0.3 is 0 Å². The Hall–Kier alpha value is -1.34. The van der Waals surface area contributed by atoms with E-state index >= 15 is 0 Å². The summed E-state index contributed by atoms with van der Waals surface area (Å²) in [5.74, 6) is 0.463. The lowest BCUT2D eigenvalue weighted by Gasteiger charge is -2.30. The van der Waals surface area contributed by atoms with Crippen molar-refractivity contribution in [3.8, 4) is 5.75 Å². The van der Waals surface area contributed by atoms with E-state index in [9.17, 15) is 9.59 Å². The Balaban J connectivity index is 1.89. The third kappa shape index (κ3) is 4.33. The number of ether oxygens (including phenoxy) is 1. The second-order valence-electron chi connectivity index (χ2n) is 5.82. The van der Waals surface area contributed by atoms with E-state index in [4.69, 9.17) is 10.5 Å². The molecule has 1 aliphatic carbocycles. The van der Waals surface area contributed by atoms with E-state index in [-0.39, 0.29) is 23.6 Å². The molecule has 2 rings (SSSR count). The van der Waals surface area contributed by atoms with Crippen molar-refractivity contribution in [2.45, 2.75) is 50.8 Å². The number of nitrogens with two attached hydrogens (primary N) is 1. The van der Waals surface area contributed by atoms with Crippen LogP contribution in [0.1, 0.15) is 32.6 Å². The van der Waals surface area contributed by atoms with Crippen molar-refractivity contribution in [2.75, 3.05) is 0 Å². The fourth-order valence-electron chi connectivity index (χ4n) is 2.51. The topological polar surface area (TPSA) is 86.4 Å². The number of hydrogen-bond acceptors (Lipinski definition) is 4. The third-order valence-electron chi connectivity index (χ3n) is 3.87. The molecular weight excluding hydrogens is 350 g/mol. The van der Waals surface area contributed by atoms with Crippen LogP contribution >= 0.6 is 15.9 Å². The Morgan fingerprint density at radius 3 is 2.68 bits per heavy atom. The highest BCUT2D eigenvalue weighted by molar-refractivity contribution is 9.10. The average Bonchev–Trinajstić information content (AvgIpc) is 2.46. The summed E-state index contributed by atoms with van der Waals surface area (Å²) in [5.41, 5.74) is 5.45. The molecule has 1 fully saturated rings. The predicted octanol–water partition coefficient (Wildman–Crippen LogP) is 1.30. The first-order valence-corrected chi connectivity index (χ1v) is 8.25. The summed E-state index contributed by atoms with van der Waals surface area (Å²) in [6.07, 6.45) is 5.15. The van der Waals surface area contributed by atoms with E-state index in [0.29, 0.717) is 5.75 Å². The summed E-state index contributed by atoms with van der Waals surface area (Å²) in [6.45, 7) is 1.68. The molecule has 1 unspecified atom stereocenters. The van der Waals surface area contributed by atoms with Gasteiger partial charge in [0.2, 0.25) is 5.91 Å². The average molecular weight is 372 g/mol. The molecule has 1 saturated carbocycles. The maximum absolute atomic E-state index is 11.7. The van der Waals surface area contributed by atoms with Crippen molar-refractivity contribution in [1.29, 1.82) is 0 Å². The largest absolute Gasteiger partial charge is 0.489 e. The van der Waals surface area contributed by atoms with Crippen molar-refractivity contribution >= 4 is 21.8 Å². The maximum atomic E-state index is 11.7. The lowest BCUT2D eigenvalue weighted by Crippen LogP contribution is -2.46. The normalized spacial score (nSPS) is 22.9. The zero-order valence-corrected chi connectivity index (χ0v) is 14.4. The summed E-state index contributed by atoms with van der Waals surface area (Å²) in [7, 11) is 1.70. The highest BCUT2D eigenvalue weighted by Crippen LogP contribution is 2.28. The molecule has 0 aliphatic heterocycles. The van der Waals surface area contributed by atoms with Crippen LogP contribution in [0, 0.1) is 0 Å². The molecule has 7 heteroatoms. The number of carbonyl (C=O) groups is 1. The monoisotopic (exact) mass is 371 g/mol. The van der Waals surface area contributed by atoms with E-state index in [1.54, 1.807) is 20.2 Å². The molecule has 0 spiro atoms. The maximum Gasteiger partial charge on any atom is 0.254 e. The minimum Gasteiger partial charge on any atom is -0.489 e. The molecule has 1 atom stereocenters. The van der Waals surface area contributed by atoms with Gasteiger partial charge < -0.3 is 20.4 Å². The minimum atomic E-state index is -0.481. The number of halogens is 1. The SMILES string of the molecule is CC(N)C(=O)NC1CCC(Oc2cc(=O)n(C)cc2Br)CC1. The Bertz CT molecular complexity index is 592. The molecule has 1 amide bonds. The van der Waals surface area contributed by atoms with Crippen LogP contribution in [-0.2, 0) is 11.8 Å². The second-order valence-corrected chi connectivity index (χ2v) is 6.68. The van der Waals surface area contributed by atoms with Gasteiger partial charge in [-0.1, -0.05) is 0 Å². The van der Waals surface area contributed by atoms with Gasteiger partial charge in [-0.25, -0.2) is 0 Å². The standard InChI is InChI=1S/C15H22BrN3O3/c1-9(17)15(21)18-10-3-5-11(6-4-10)22-13-7-14(20)19(2)8-12(13)16/h7-11H,3-6,17H2,1-2H3,(H,18,21). The molecule has 1 heterocycles. The number of carbonyl (C=O) groups excluding carboxylic acids is 1. The van der Waals surface area contributed by atoms with Crippen LogP contribution in [0.2, 0.25) is 0 Å². The molecule has 1 aromatic heterocycles. The van der Waals surface area contributed by atoms with Crippen LogP contribution in [0.3, 0.4) is 0 Å². The summed E-state index contributed by atoms with van der Waals surface area (Å²) in [5, 5.41) is 2.95. The third-order valence-corrected chi connectivity index (χ3v) is 4.47. The van der Waals surface area contributed by atoms with E-state index < -0.39 is 6.04 Å². The summed E-state index contributed by atoms with van der Waals surface area (Å²) < 4.78 is 8.19. The van der Waals surface area contributed by atoms with Gasteiger partial charge in [0.1, 0.15) is 5.75 Å². The summed E-state index contributed by atoms with van der Waals surface area (Å²) in [4.78, 5) is 23.3. The van der Waals surface area contributed by atoms with Gasteiger partial charge in [0.05, 0.1) is 16.6 Å². The van der Waals surface area contributed by atoms with Gasteiger partial charge in [-0.2, -0.15) is 0 Å². The number of hydrogen-bond donors (Lipinski definition) is 2. The number of rotatable bonds is 4. The molecular formula is C15H22BrN3O3. The highest BCUT2D eigenvalue weighted by atomic mass is 79.9. The molecule has 0 radical (unpaired) electrons. The van der Waals surface area contributed by atoms with Crippen LogP contribution < -0.4 is 21.3 Å². The fraction of sp³-hybridized carbons (Fsp3) is 0.600. The van der Waals surface area contributed by atoms with E-state index in [1.165, 1.54) is 10.6 Å². The van der Waals surface area contributed by atoms with E-state index in [2.05, 4.69) is 21.2 Å². The summed E-state index contributed by atoms with van der Waals surface area (Å²) in [6, 6.07) is 1.17. The van der Waals surface area contributed by atoms with Gasteiger partial charge in [0, 0.05) is 25.4 Å². The van der Waals surface area contributed by atoms with Crippen LogP contribution in [-0.4, -0.2) is 28.7 Å². The first kappa shape index (κ1) is 17.0. The predicted molar refractivity (Wildman–Crippen MR) is 87.8 cm³/mol. The van der Waals surface area contributed by atoms with Crippen LogP contribution in [0.25, 0.3) is 0 Å². The second kappa shape index (κ2) is 7.28. The van der Waals surface area contributed by atoms with Crippen molar-refractivity contribution in [3.05, 3.63) is 27.1 Å². The molecule has 0 aromatic carbocycles. The van der Waals surface area contributed by atoms with Gasteiger partial charge in [-0.05, 0) is 48.5 Å². The Labute approximate surface area is 138 Å². The molecule has 6 nitrogen and oxygen atoms in total. The van der Waals surface area contributed by atoms with E-state index in [1.807, 2.05) is 0 Å². The zero-order chi connectivity index (χ0) is 16.3. The van der Waals surface area contributed by atoms with Crippen molar-refractivity contribution in [1.82, 2.24) is 9.88 Å². The van der Waals surface area contributed by atoms with Crippen LogP contribution in [0.15, 0.2) is 21.5 Å². The first-order valence-electron chi connectivity index (χ1n) is 7.45. The fourth-order valence-corrected chi connectivity index (χ4v) is 3.02. The summed E-state index contributed by atoms with van der Waals surface area (Å²) >= 11 is 3.41. The van der Waals surface area contributed by atoms with Gasteiger partial charge in [-0.15, -0.1) is 0 Å². The number of amides is 1. The first-order chi connectivity index (χ1) is 10.4. The van der Waals surface area contributed by atoms with Crippen molar-refractivity contribution < 1.29 is 9.53 Å². The molecule has 0 saturated heterocycles. The van der Waals surface area contributed by atoms with Gasteiger partial charge in [0.15, 0.2) is 0 Å². The smallest absolute Gasteiger partial charge is 0.254 e. The van der Waals surface area contributed by atoms with E-state index in [0.717, 1.165) is 30.2 Å². The zero-order valence-electron chi connectivity index (χ0n) is 12.8. The molecule has 22 heavy (non-hydrogen) atoms. The van der Waals surface area contributed by atoms with Gasteiger partial charge in [-0.3, -0.25) is 9.59 Å². The molecule has 1 aromatic rings.